The minimum absolute atomic E-state index is 0.250. The van der Waals surface area contributed by atoms with E-state index in [1.54, 1.807) is 24.3 Å². The van der Waals surface area contributed by atoms with Gasteiger partial charge in [0.05, 0.1) is 23.0 Å². The highest BCUT2D eigenvalue weighted by Crippen LogP contribution is 2.31. The number of nitrogens with one attached hydrogen (secondary N) is 1. The molecule has 0 spiro atoms. The zero-order valence-electron chi connectivity index (χ0n) is 22.7. The fourth-order valence-corrected chi connectivity index (χ4v) is 6.70. The van der Waals surface area contributed by atoms with E-state index in [-0.39, 0.29) is 17.4 Å². The van der Waals surface area contributed by atoms with E-state index in [0.29, 0.717) is 29.0 Å². The summed E-state index contributed by atoms with van der Waals surface area (Å²) in [6.45, 7) is 4.35. The lowest BCUT2D eigenvalue weighted by molar-refractivity contribution is -0.123. The Labute approximate surface area is 241 Å². The fourth-order valence-electron chi connectivity index (χ4n) is 5.16. The van der Waals surface area contributed by atoms with Gasteiger partial charge in [0, 0.05) is 40.5 Å². The van der Waals surface area contributed by atoms with Gasteiger partial charge in [-0.15, -0.1) is 11.3 Å². The third-order valence-electron chi connectivity index (χ3n) is 7.16. The Morgan fingerprint density at radius 3 is 2.39 bits per heavy atom. The number of nitrogens with zero attached hydrogens (tertiary/aromatic N) is 4. The highest BCUT2D eigenvalue weighted by Gasteiger charge is 2.39. The largest absolute Gasteiger partial charge is 0.326 e. The van der Waals surface area contributed by atoms with E-state index in [2.05, 4.69) is 21.4 Å². The van der Waals surface area contributed by atoms with Gasteiger partial charge in [0.25, 0.3) is 5.91 Å². The maximum atomic E-state index is 13.4. The molecule has 11 heteroatoms. The van der Waals surface area contributed by atoms with E-state index in [9.17, 15) is 18.0 Å². The van der Waals surface area contributed by atoms with Crippen molar-refractivity contribution in [3.63, 3.8) is 0 Å². The summed E-state index contributed by atoms with van der Waals surface area (Å²) >= 11 is 1.32. The molecule has 1 aliphatic rings. The fraction of sp³-hybridized carbons (Fsp3) is 0.200. The molecule has 4 heterocycles. The van der Waals surface area contributed by atoms with Crippen molar-refractivity contribution in [1.82, 2.24) is 18.8 Å². The Morgan fingerprint density at radius 2 is 1.68 bits per heavy atom. The minimum atomic E-state index is -3.61. The molecule has 0 aliphatic carbocycles. The van der Waals surface area contributed by atoms with Crippen molar-refractivity contribution in [3.8, 4) is 22.4 Å². The van der Waals surface area contributed by atoms with Crippen LogP contribution in [0.25, 0.3) is 33.3 Å². The number of pyridine rings is 1. The molecule has 3 aromatic heterocycles. The van der Waals surface area contributed by atoms with Gasteiger partial charge >= 0.3 is 0 Å². The lowest BCUT2D eigenvalue weighted by atomic mass is 10.00. The summed E-state index contributed by atoms with van der Waals surface area (Å²) in [5.41, 5.74) is 6.37. The molecule has 2 aromatic carbocycles. The number of benzene rings is 2. The molecular weight excluding hydrogens is 558 g/mol. The normalized spacial score (nSPS) is 15.1. The zero-order chi connectivity index (χ0) is 28.9. The van der Waals surface area contributed by atoms with Gasteiger partial charge in [0.1, 0.15) is 6.04 Å². The quantitative estimate of drug-likeness (QED) is 0.296. The molecule has 1 N–H and O–H groups in total. The number of fused-ring (bicyclic) bond motifs is 1. The first-order valence-corrected chi connectivity index (χ1v) is 15.8. The number of thiazole rings is 1. The summed E-state index contributed by atoms with van der Waals surface area (Å²) in [5.74, 6) is -0.706. The molecule has 41 heavy (non-hydrogen) atoms. The maximum absolute atomic E-state index is 13.4. The van der Waals surface area contributed by atoms with Crippen molar-refractivity contribution in [2.45, 2.75) is 26.3 Å². The molecule has 1 atom stereocenters. The summed E-state index contributed by atoms with van der Waals surface area (Å²) < 4.78 is 25.7. The second kappa shape index (κ2) is 10.2. The number of para-hydroxylation sites is 1. The second-order valence-electron chi connectivity index (χ2n) is 10.2. The van der Waals surface area contributed by atoms with E-state index >= 15 is 0 Å². The van der Waals surface area contributed by atoms with Crippen molar-refractivity contribution in [1.29, 1.82) is 0 Å². The van der Waals surface area contributed by atoms with Gasteiger partial charge in [-0.3, -0.25) is 14.6 Å². The smallest absolute Gasteiger partial charge is 0.256 e. The molecule has 0 radical (unpaired) electrons. The number of likely N-dealkylation sites (tertiary alicyclic amines) is 1. The molecule has 9 nitrogen and oxygen atoms in total. The van der Waals surface area contributed by atoms with Crippen LogP contribution >= 0.6 is 11.3 Å². The number of hydrogen-bond donors (Lipinski definition) is 1. The van der Waals surface area contributed by atoms with Crippen LogP contribution in [0.15, 0.2) is 72.2 Å². The number of carbonyl (C=O) groups excluding carboxylic acids is 2. The molecule has 1 saturated heterocycles. The predicted molar refractivity (Wildman–Crippen MR) is 161 cm³/mol. The predicted octanol–water partition coefficient (Wildman–Crippen LogP) is 5.10. The lowest BCUT2D eigenvalue weighted by Gasteiger charge is -2.39. The summed E-state index contributed by atoms with van der Waals surface area (Å²) in [6.07, 6.45) is 2.94. The first-order chi connectivity index (χ1) is 19.6. The van der Waals surface area contributed by atoms with E-state index < -0.39 is 16.1 Å². The molecule has 6 rings (SSSR count). The number of rotatable bonds is 6. The molecule has 2 amide bonds. The number of amides is 2. The zero-order valence-corrected chi connectivity index (χ0v) is 24.3. The average molecular weight is 586 g/mol. The Morgan fingerprint density at radius 1 is 0.951 bits per heavy atom. The van der Waals surface area contributed by atoms with Gasteiger partial charge < -0.3 is 10.2 Å². The van der Waals surface area contributed by atoms with Crippen molar-refractivity contribution in [2.24, 2.45) is 0 Å². The average Bonchev–Trinajstić information content (AvgIpc) is 3.52. The van der Waals surface area contributed by atoms with Gasteiger partial charge in [-0.1, -0.05) is 36.4 Å². The SMILES string of the molecule is Cc1cc(-c2cccc(-c3csc(NC(=O)[C@H]4CCN4C(=O)c4cn(S(C)(=O)=O)c5ccccc45)n3)c2)cc(C)n1. The number of carbonyl (C=O) groups is 2. The number of aryl methyl sites for hydroxylation is 2. The molecule has 1 fully saturated rings. The third-order valence-corrected chi connectivity index (χ3v) is 8.93. The first-order valence-electron chi connectivity index (χ1n) is 13.0. The molecule has 0 saturated carbocycles. The van der Waals surface area contributed by atoms with Gasteiger partial charge in [0.15, 0.2) is 5.13 Å². The van der Waals surface area contributed by atoms with Gasteiger partial charge in [-0.05, 0) is 55.7 Å². The molecule has 0 bridgehead atoms. The number of anilines is 1. The van der Waals surface area contributed by atoms with Crippen LogP contribution < -0.4 is 5.32 Å². The van der Waals surface area contributed by atoms with Crippen LogP contribution in [-0.2, 0) is 14.8 Å². The van der Waals surface area contributed by atoms with E-state index in [1.165, 1.54) is 22.4 Å². The van der Waals surface area contributed by atoms with Gasteiger partial charge in [-0.2, -0.15) is 0 Å². The highest BCUT2D eigenvalue weighted by atomic mass is 32.2. The Hall–Kier alpha value is -4.35. The Kier molecular flexibility index (Phi) is 6.71. The monoisotopic (exact) mass is 585 g/mol. The standard InChI is InChI=1S/C30H27N5O4S2/c1-18-13-22(14-19(2)31-18)20-7-6-8-21(15-20)25-17-40-30(32-25)33-28(36)27-11-12-34(27)29(37)24-16-35(41(3,38)39)26-10-5-4-9-23(24)26/h4-10,13-17,27H,11-12H2,1-3H3,(H,32,33,36)/t27-/m1/s1. The number of hydrogen-bond acceptors (Lipinski definition) is 7. The van der Waals surface area contributed by atoms with E-state index in [4.69, 9.17) is 0 Å². The minimum Gasteiger partial charge on any atom is -0.326 e. The van der Waals surface area contributed by atoms with Gasteiger partial charge in [0.2, 0.25) is 15.9 Å². The molecule has 1 aliphatic heterocycles. The van der Waals surface area contributed by atoms with Crippen molar-refractivity contribution < 1.29 is 18.0 Å². The van der Waals surface area contributed by atoms with Crippen LogP contribution in [0.4, 0.5) is 5.13 Å². The van der Waals surface area contributed by atoms with Crippen molar-refractivity contribution in [2.75, 3.05) is 18.1 Å². The van der Waals surface area contributed by atoms with Gasteiger partial charge in [-0.25, -0.2) is 17.4 Å². The van der Waals surface area contributed by atoms with E-state index in [0.717, 1.165) is 44.0 Å². The molecule has 5 aromatic rings. The van der Waals surface area contributed by atoms with Crippen LogP contribution in [0.1, 0.15) is 28.2 Å². The summed E-state index contributed by atoms with van der Waals surface area (Å²) in [6, 6.07) is 18.3. The molecular formula is C30H27N5O4S2. The topological polar surface area (TPSA) is 114 Å². The van der Waals surface area contributed by atoms with Crippen LogP contribution in [0, 0.1) is 13.8 Å². The third kappa shape index (κ3) is 5.14. The highest BCUT2D eigenvalue weighted by molar-refractivity contribution is 7.89. The molecule has 208 valence electrons. The summed E-state index contributed by atoms with van der Waals surface area (Å²) in [7, 11) is -3.61. The van der Waals surface area contributed by atoms with E-state index in [1.807, 2.05) is 49.6 Å². The summed E-state index contributed by atoms with van der Waals surface area (Å²) in [4.78, 5) is 37.2. The molecule has 0 unspecified atom stereocenters. The van der Waals surface area contributed by atoms with Crippen LogP contribution in [0.5, 0.6) is 0 Å². The van der Waals surface area contributed by atoms with Crippen molar-refractivity contribution >= 4 is 49.2 Å². The maximum Gasteiger partial charge on any atom is 0.256 e. The number of aromatic nitrogens is 3. The lowest BCUT2D eigenvalue weighted by Crippen LogP contribution is -2.56. The van der Waals surface area contributed by atoms with Crippen LogP contribution in [0.3, 0.4) is 0 Å². The second-order valence-corrected chi connectivity index (χ2v) is 12.9. The Bertz CT molecular complexity index is 1920. The first kappa shape index (κ1) is 26.9. The summed E-state index contributed by atoms with van der Waals surface area (Å²) in [5, 5.41) is 5.72. The van der Waals surface area contributed by atoms with Crippen molar-refractivity contribution in [3.05, 3.63) is 89.2 Å². The van der Waals surface area contributed by atoms with Crippen LogP contribution in [0.2, 0.25) is 0 Å². The Balaban J connectivity index is 1.19. The van der Waals surface area contributed by atoms with Crippen LogP contribution in [-0.4, -0.2) is 57.9 Å².